The van der Waals surface area contributed by atoms with Gasteiger partial charge in [0.1, 0.15) is 5.00 Å². The first kappa shape index (κ1) is 15.4. The number of thiophene rings is 2. The fourth-order valence-corrected chi connectivity index (χ4v) is 3.62. The molecule has 1 aromatic carbocycles. The lowest BCUT2D eigenvalue weighted by molar-refractivity contribution is 0.0697. The Bertz CT molecular complexity index is 868. The summed E-state index contributed by atoms with van der Waals surface area (Å²) in [6.07, 6.45) is 0. The van der Waals surface area contributed by atoms with E-state index in [9.17, 15) is 4.79 Å². The van der Waals surface area contributed by atoms with Crippen LogP contribution in [0.3, 0.4) is 0 Å². The van der Waals surface area contributed by atoms with Gasteiger partial charge in [0.25, 0.3) is 0 Å². The summed E-state index contributed by atoms with van der Waals surface area (Å²) in [5, 5.41) is 18.9. The van der Waals surface area contributed by atoms with Crippen molar-refractivity contribution in [1.82, 2.24) is 0 Å². The van der Waals surface area contributed by atoms with Crippen molar-refractivity contribution < 1.29 is 14.6 Å². The molecule has 0 aliphatic heterocycles. The van der Waals surface area contributed by atoms with Crippen LogP contribution in [0, 0.1) is 0 Å². The SMILES string of the molecule is COc1ccc(-c2ccc(N=Nc3cccc(C(=O)O)c3)s2)s1. The lowest BCUT2D eigenvalue weighted by Crippen LogP contribution is -1.94. The van der Waals surface area contributed by atoms with Gasteiger partial charge in [-0.15, -0.1) is 21.6 Å². The largest absolute Gasteiger partial charge is 0.487 e. The van der Waals surface area contributed by atoms with Crippen LogP contribution >= 0.6 is 22.7 Å². The van der Waals surface area contributed by atoms with Gasteiger partial charge in [-0.05, 0) is 42.5 Å². The molecule has 7 heteroatoms. The van der Waals surface area contributed by atoms with Crippen LogP contribution in [0.2, 0.25) is 0 Å². The van der Waals surface area contributed by atoms with Crippen LogP contribution in [0.4, 0.5) is 10.7 Å². The second-order valence-corrected chi connectivity index (χ2v) is 6.62. The van der Waals surface area contributed by atoms with E-state index in [1.165, 1.54) is 23.5 Å². The van der Waals surface area contributed by atoms with Gasteiger partial charge in [-0.3, -0.25) is 0 Å². The van der Waals surface area contributed by atoms with Crippen molar-refractivity contribution in [1.29, 1.82) is 0 Å². The third kappa shape index (κ3) is 3.64. The summed E-state index contributed by atoms with van der Waals surface area (Å²) in [5.74, 6) is -0.980. The zero-order valence-corrected chi connectivity index (χ0v) is 13.7. The van der Waals surface area contributed by atoms with Crippen LogP contribution in [-0.2, 0) is 0 Å². The first-order valence-corrected chi connectivity index (χ1v) is 8.28. The first-order chi connectivity index (χ1) is 11.2. The van der Waals surface area contributed by atoms with Gasteiger partial charge in [0.15, 0.2) is 5.06 Å². The van der Waals surface area contributed by atoms with Gasteiger partial charge in [-0.1, -0.05) is 17.4 Å². The number of benzene rings is 1. The fraction of sp³-hybridized carbons (Fsp3) is 0.0625. The molecule has 1 N–H and O–H groups in total. The maximum absolute atomic E-state index is 10.9. The summed E-state index contributed by atoms with van der Waals surface area (Å²) >= 11 is 3.09. The van der Waals surface area contributed by atoms with Gasteiger partial charge in [0, 0.05) is 9.75 Å². The summed E-state index contributed by atoms with van der Waals surface area (Å²) in [6.45, 7) is 0. The molecule has 3 rings (SSSR count). The number of rotatable bonds is 5. The number of azo groups is 1. The standard InChI is InChI=1S/C16H12N2O3S2/c1-21-15-8-6-13(23-15)12-5-7-14(22-12)18-17-11-4-2-3-10(9-11)16(19)20/h2-9H,1H3,(H,19,20). The molecule has 0 radical (unpaired) electrons. The molecule has 0 atom stereocenters. The van der Waals surface area contributed by atoms with Crippen molar-refractivity contribution in [2.75, 3.05) is 7.11 Å². The zero-order valence-electron chi connectivity index (χ0n) is 12.1. The van der Waals surface area contributed by atoms with Gasteiger partial charge in [0.2, 0.25) is 0 Å². The van der Waals surface area contributed by atoms with Crippen LogP contribution in [0.5, 0.6) is 5.06 Å². The van der Waals surface area contributed by atoms with Gasteiger partial charge < -0.3 is 9.84 Å². The summed E-state index contributed by atoms with van der Waals surface area (Å²) in [6, 6.07) is 14.2. The molecule has 23 heavy (non-hydrogen) atoms. The molecular weight excluding hydrogens is 332 g/mol. The quantitative estimate of drug-likeness (QED) is 0.612. The normalized spacial score (nSPS) is 11.0. The molecule has 2 heterocycles. The predicted molar refractivity (Wildman–Crippen MR) is 91.8 cm³/mol. The number of hydrogen-bond acceptors (Lipinski definition) is 6. The number of hydrogen-bond donors (Lipinski definition) is 1. The van der Waals surface area contributed by atoms with Gasteiger partial charge >= 0.3 is 5.97 Å². The highest BCUT2D eigenvalue weighted by Crippen LogP contribution is 2.39. The molecular formula is C16H12N2O3S2. The van der Waals surface area contributed by atoms with E-state index in [4.69, 9.17) is 9.84 Å². The molecule has 0 unspecified atom stereocenters. The lowest BCUT2D eigenvalue weighted by atomic mass is 10.2. The maximum atomic E-state index is 10.9. The highest BCUT2D eigenvalue weighted by molar-refractivity contribution is 7.24. The van der Waals surface area contributed by atoms with E-state index >= 15 is 0 Å². The van der Waals surface area contributed by atoms with Gasteiger partial charge in [-0.25, -0.2) is 4.79 Å². The number of carboxylic acids is 1. The van der Waals surface area contributed by atoms with E-state index in [1.807, 2.05) is 24.3 Å². The Morgan fingerprint density at radius 2 is 1.83 bits per heavy atom. The van der Waals surface area contributed by atoms with E-state index in [0.29, 0.717) is 5.69 Å². The average Bonchev–Trinajstić information content (AvgIpc) is 3.22. The van der Waals surface area contributed by atoms with E-state index in [-0.39, 0.29) is 5.56 Å². The lowest BCUT2D eigenvalue weighted by Gasteiger charge is -1.95. The minimum absolute atomic E-state index is 0.194. The number of carboxylic acid groups (broad SMARTS) is 1. The van der Waals surface area contributed by atoms with Crippen molar-refractivity contribution in [2.45, 2.75) is 0 Å². The van der Waals surface area contributed by atoms with Gasteiger partial charge in [-0.2, -0.15) is 0 Å². The Kier molecular flexibility index (Phi) is 4.50. The Morgan fingerprint density at radius 3 is 2.57 bits per heavy atom. The van der Waals surface area contributed by atoms with E-state index in [2.05, 4.69) is 10.2 Å². The Hall–Kier alpha value is -2.51. The monoisotopic (exact) mass is 344 g/mol. The highest BCUT2D eigenvalue weighted by atomic mass is 32.1. The van der Waals surface area contributed by atoms with Gasteiger partial charge in [0.05, 0.1) is 18.4 Å². The second kappa shape index (κ2) is 6.72. The first-order valence-electron chi connectivity index (χ1n) is 6.65. The smallest absolute Gasteiger partial charge is 0.335 e. The van der Waals surface area contributed by atoms with Crippen LogP contribution < -0.4 is 4.74 Å². The molecule has 116 valence electrons. The summed E-state index contributed by atoms with van der Waals surface area (Å²) in [7, 11) is 1.65. The Morgan fingerprint density at radius 1 is 1.04 bits per heavy atom. The topological polar surface area (TPSA) is 71.2 Å². The minimum Gasteiger partial charge on any atom is -0.487 e. The highest BCUT2D eigenvalue weighted by Gasteiger charge is 2.07. The Balaban J connectivity index is 1.78. The van der Waals surface area contributed by atoms with Crippen LogP contribution in [0.15, 0.2) is 58.8 Å². The molecule has 0 fully saturated rings. The molecule has 0 saturated heterocycles. The molecule has 2 aromatic heterocycles. The van der Waals surface area contributed by atoms with Crippen LogP contribution in [-0.4, -0.2) is 18.2 Å². The van der Waals surface area contributed by atoms with Crippen molar-refractivity contribution in [3.63, 3.8) is 0 Å². The molecule has 0 aliphatic carbocycles. The van der Waals surface area contributed by atoms with Crippen molar-refractivity contribution in [2.24, 2.45) is 10.2 Å². The van der Waals surface area contributed by atoms with Crippen LogP contribution in [0.25, 0.3) is 9.75 Å². The zero-order chi connectivity index (χ0) is 16.2. The number of methoxy groups -OCH3 is 1. The van der Waals surface area contributed by atoms with Crippen LogP contribution in [0.1, 0.15) is 10.4 Å². The Labute approximate surface area is 140 Å². The molecule has 5 nitrogen and oxygen atoms in total. The molecule has 0 amide bonds. The fourth-order valence-electron chi connectivity index (χ4n) is 1.88. The predicted octanol–water partition coefficient (Wildman–Crippen LogP) is 5.60. The molecule has 0 aliphatic rings. The summed E-state index contributed by atoms with van der Waals surface area (Å²) in [4.78, 5) is 13.1. The molecule has 0 bridgehead atoms. The van der Waals surface area contributed by atoms with E-state index in [0.717, 1.165) is 19.8 Å². The van der Waals surface area contributed by atoms with Crippen molar-refractivity contribution in [3.05, 3.63) is 54.1 Å². The minimum atomic E-state index is -0.980. The summed E-state index contributed by atoms with van der Waals surface area (Å²) < 4.78 is 5.19. The number of nitrogens with zero attached hydrogens (tertiary/aromatic N) is 2. The third-order valence-electron chi connectivity index (χ3n) is 2.97. The number of carbonyl (C=O) groups is 1. The second-order valence-electron chi connectivity index (χ2n) is 4.52. The number of aromatic carboxylic acids is 1. The van der Waals surface area contributed by atoms with Crippen molar-refractivity contribution >= 4 is 39.3 Å². The molecule has 0 spiro atoms. The van der Waals surface area contributed by atoms with Crippen molar-refractivity contribution in [3.8, 4) is 14.8 Å². The maximum Gasteiger partial charge on any atom is 0.335 e. The average molecular weight is 344 g/mol. The molecule has 3 aromatic rings. The summed E-state index contributed by atoms with van der Waals surface area (Å²) in [5.41, 5.74) is 0.705. The third-order valence-corrected chi connectivity index (χ3v) is 5.19. The molecule has 0 saturated carbocycles. The van der Waals surface area contributed by atoms with E-state index in [1.54, 1.807) is 30.6 Å². The van der Waals surface area contributed by atoms with E-state index < -0.39 is 5.97 Å². The number of ether oxygens (including phenoxy) is 1.